The van der Waals surface area contributed by atoms with Crippen molar-refractivity contribution >= 4 is 17.5 Å². The lowest BCUT2D eigenvalue weighted by atomic mass is 9.86. The Balaban J connectivity index is 1.75. The van der Waals surface area contributed by atoms with Crippen molar-refractivity contribution in [1.29, 1.82) is 5.26 Å². The number of hydrogen-bond donors (Lipinski definition) is 0. The Kier molecular flexibility index (Phi) is 6.48. The van der Waals surface area contributed by atoms with Gasteiger partial charge in [-0.1, -0.05) is 42.1 Å². The van der Waals surface area contributed by atoms with E-state index in [0.717, 1.165) is 64.8 Å². The molecule has 0 N–H and O–H groups in total. The minimum atomic E-state index is 0.0800. The fraction of sp³-hybridized carbons (Fsp3) is 0.321. The number of thioether (sulfide) groups is 1. The third-order valence-corrected chi connectivity index (χ3v) is 7.42. The van der Waals surface area contributed by atoms with Gasteiger partial charge in [0.15, 0.2) is 5.78 Å². The van der Waals surface area contributed by atoms with Crippen LogP contribution in [0, 0.1) is 39.0 Å². The highest BCUT2D eigenvalue weighted by atomic mass is 32.2. The smallest absolute Gasteiger partial charge is 0.173 e. The first-order valence-electron chi connectivity index (χ1n) is 11.2. The van der Waals surface area contributed by atoms with Crippen molar-refractivity contribution in [3.63, 3.8) is 0 Å². The summed E-state index contributed by atoms with van der Waals surface area (Å²) in [6.45, 7) is 8.17. The maximum Gasteiger partial charge on any atom is 0.173 e. The minimum absolute atomic E-state index is 0.0800. The summed E-state index contributed by atoms with van der Waals surface area (Å²) < 4.78 is 0. The topological polar surface area (TPSA) is 53.8 Å². The summed E-state index contributed by atoms with van der Waals surface area (Å²) in [6, 6.07) is 14.7. The Hall–Kier alpha value is -2.90. The third-order valence-electron chi connectivity index (χ3n) is 6.45. The second-order valence-corrected chi connectivity index (χ2v) is 9.65. The number of pyridine rings is 1. The van der Waals surface area contributed by atoms with Gasteiger partial charge in [-0.3, -0.25) is 4.79 Å². The predicted molar refractivity (Wildman–Crippen MR) is 131 cm³/mol. The second kappa shape index (κ2) is 9.30. The van der Waals surface area contributed by atoms with Crippen LogP contribution in [0.15, 0.2) is 41.4 Å². The Morgan fingerprint density at radius 2 is 1.72 bits per heavy atom. The van der Waals surface area contributed by atoms with Crippen LogP contribution >= 0.6 is 11.8 Å². The first-order valence-corrected chi connectivity index (χ1v) is 12.1. The number of carbonyl (C=O) groups is 1. The molecule has 3 aromatic rings. The van der Waals surface area contributed by atoms with Crippen molar-refractivity contribution in [2.75, 3.05) is 5.75 Å². The van der Waals surface area contributed by atoms with Gasteiger partial charge in [-0.15, -0.1) is 0 Å². The van der Waals surface area contributed by atoms with Crippen molar-refractivity contribution in [1.82, 2.24) is 4.98 Å². The Morgan fingerprint density at radius 1 is 1.00 bits per heavy atom. The zero-order valence-electron chi connectivity index (χ0n) is 19.2. The summed E-state index contributed by atoms with van der Waals surface area (Å²) in [4.78, 5) is 18.0. The summed E-state index contributed by atoms with van der Waals surface area (Å²) in [5.74, 6) is 0.355. The maximum absolute atomic E-state index is 13.1. The van der Waals surface area contributed by atoms with Gasteiger partial charge in [-0.25, -0.2) is 4.98 Å². The van der Waals surface area contributed by atoms with E-state index in [-0.39, 0.29) is 11.5 Å². The molecule has 0 spiro atoms. The molecule has 2 aromatic carbocycles. The molecule has 1 aliphatic carbocycles. The highest BCUT2D eigenvalue weighted by Gasteiger charge is 2.24. The van der Waals surface area contributed by atoms with E-state index in [9.17, 15) is 10.1 Å². The van der Waals surface area contributed by atoms with Crippen molar-refractivity contribution in [2.24, 2.45) is 0 Å². The molecule has 3 nitrogen and oxygen atoms in total. The van der Waals surface area contributed by atoms with Crippen LogP contribution in [0.3, 0.4) is 0 Å². The predicted octanol–water partition coefficient (Wildman–Crippen LogP) is 6.71. The van der Waals surface area contributed by atoms with E-state index in [0.29, 0.717) is 10.6 Å². The van der Waals surface area contributed by atoms with E-state index in [1.54, 1.807) is 0 Å². The molecule has 1 aromatic heterocycles. The SMILES string of the molecule is Cc1cc(C)c(C(=O)CSc2nc3c(c(-c4ccccc4C)c2C#N)CCCC3)cc1C. The number of aryl methyl sites for hydroxylation is 5. The largest absolute Gasteiger partial charge is 0.293 e. The molecule has 0 unspecified atom stereocenters. The fourth-order valence-corrected chi connectivity index (χ4v) is 5.44. The molecule has 0 saturated heterocycles. The molecule has 162 valence electrons. The molecular weight excluding hydrogens is 412 g/mol. The second-order valence-electron chi connectivity index (χ2n) is 8.69. The number of Topliss-reactive ketones (excluding diaryl/α,β-unsaturated/α-hetero) is 1. The molecule has 1 aliphatic rings. The molecular formula is C28H28N2OS. The Labute approximate surface area is 194 Å². The number of nitrogens with zero attached hydrogens (tertiary/aromatic N) is 2. The first kappa shape index (κ1) is 22.3. The molecule has 0 saturated carbocycles. The standard InChI is InChI=1S/C28H28N2OS/c1-17-9-5-6-10-21(17)27-22-11-7-8-12-25(22)30-28(24(27)15-29)32-16-26(31)23-14-19(3)18(2)13-20(23)4/h5-6,9-10,13-14H,7-8,11-12,16H2,1-4H3. The molecule has 32 heavy (non-hydrogen) atoms. The van der Waals surface area contributed by atoms with Crippen LogP contribution in [0.5, 0.6) is 0 Å². The fourth-order valence-electron chi connectivity index (χ4n) is 4.55. The lowest BCUT2D eigenvalue weighted by molar-refractivity contribution is 0.102. The molecule has 4 heteroatoms. The van der Waals surface area contributed by atoms with Gasteiger partial charge in [0.05, 0.1) is 11.3 Å². The first-order chi connectivity index (χ1) is 15.4. The van der Waals surface area contributed by atoms with Crippen LogP contribution in [-0.4, -0.2) is 16.5 Å². The number of nitriles is 1. The summed E-state index contributed by atoms with van der Waals surface area (Å²) in [5.41, 5.74) is 10.3. The van der Waals surface area contributed by atoms with E-state index >= 15 is 0 Å². The molecule has 0 bridgehead atoms. The van der Waals surface area contributed by atoms with Crippen LogP contribution in [0.2, 0.25) is 0 Å². The van der Waals surface area contributed by atoms with Crippen molar-refractivity contribution in [2.45, 2.75) is 58.4 Å². The zero-order valence-corrected chi connectivity index (χ0v) is 20.0. The molecule has 4 rings (SSSR count). The van der Waals surface area contributed by atoms with E-state index in [4.69, 9.17) is 4.98 Å². The number of aromatic nitrogens is 1. The lowest BCUT2D eigenvalue weighted by Gasteiger charge is -2.22. The van der Waals surface area contributed by atoms with Gasteiger partial charge >= 0.3 is 0 Å². The number of fused-ring (bicyclic) bond motifs is 1. The van der Waals surface area contributed by atoms with Crippen molar-refractivity contribution < 1.29 is 4.79 Å². The molecule has 0 fully saturated rings. The van der Waals surface area contributed by atoms with Gasteiger partial charge in [0, 0.05) is 16.8 Å². The monoisotopic (exact) mass is 440 g/mol. The summed E-state index contributed by atoms with van der Waals surface area (Å²) in [6.07, 6.45) is 4.11. The van der Waals surface area contributed by atoms with Gasteiger partial charge in [0.1, 0.15) is 11.1 Å². The quantitative estimate of drug-likeness (QED) is 0.327. The van der Waals surface area contributed by atoms with Gasteiger partial charge in [0.2, 0.25) is 0 Å². The van der Waals surface area contributed by atoms with E-state index < -0.39 is 0 Å². The molecule has 0 aliphatic heterocycles. The van der Waals surface area contributed by atoms with Gasteiger partial charge < -0.3 is 0 Å². The van der Waals surface area contributed by atoms with Crippen LogP contribution in [0.4, 0.5) is 0 Å². The average molecular weight is 441 g/mol. The number of benzene rings is 2. The summed E-state index contributed by atoms with van der Waals surface area (Å²) in [5, 5.41) is 10.8. The summed E-state index contributed by atoms with van der Waals surface area (Å²) in [7, 11) is 0. The lowest BCUT2D eigenvalue weighted by Crippen LogP contribution is -2.12. The number of hydrogen-bond acceptors (Lipinski definition) is 4. The summed E-state index contributed by atoms with van der Waals surface area (Å²) >= 11 is 1.40. The van der Waals surface area contributed by atoms with Gasteiger partial charge in [-0.2, -0.15) is 5.26 Å². The van der Waals surface area contributed by atoms with E-state index in [1.807, 2.05) is 32.0 Å². The highest BCUT2D eigenvalue weighted by Crippen LogP contribution is 2.39. The van der Waals surface area contributed by atoms with E-state index in [2.05, 4.69) is 38.1 Å². The average Bonchev–Trinajstić information content (AvgIpc) is 2.79. The van der Waals surface area contributed by atoms with Crippen LogP contribution in [0.25, 0.3) is 11.1 Å². The molecule has 0 atom stereocenters. The Bertz CT molecular complexity index is 1250. The van der Waals surface area contributed by atoms with Crippen molar-refractivity contribution in [3.05, 3.63) is 81.0 Å². The van der Waals surface area contributed by atoms with Crippen LogP contribution in [0.1, 0.15) is 62.3 Å². The van der Waals surface area contributed by atoms with Crippen LogP contribution < -0.4 is 0 Å². The normalized spacial score (nSPS) is 12.8. The highest BCUT2D eigenvalue weighted by molar-refractivity contribution is 8.00. The number of carbonyl (C=O) groups excluding carboxylic acids is 1. The maximum atomic E-state index is 13.1. The van der Waals surface area contributed by atoms with Crippen LogP contribution in [-0.2, 0) is 12.8 Å². The third kappa shape index (κ3) is 4.23. The molecule has 0 radical (unpaired) electrons. The number of ketones is 1. The minimum Gasteiger partial charge on any atom is -0.293 e. The molecule has 1 heterocycles. The van der Waals surface area contributed by atoms with Crippen molar-refractivity contribution in [3.8, 4) is 17.2 Å². The number of rotatable bonds is 5. The van der Waals surface area contributed by atoms with E-state index in [1.165, 1.54) is 22.9 Å². The van der Waals surface area contributed by atoms with Gasteiger partial charge in [-0.05, 0) is 92.8 Å². The Morgan fingerprint density at radius 3 is 2.47 bits per heavy atom. The zero-order chi connectivity index (χ0) is 22.8. The molecule has 0 amide bonds. The van der Waals surface area contributed by atoms with Gasteiger partial charge in [0.25, 0.3) is 0 Å².